The van der Waals surface area contributed by atoms with Crippen LogP contribution in [0, 0.1) is 0 Å². The first-order valence-corrected chi connectivity index (χ1v) is 11.4. The van der Waals surface area contributed by atoms with Gasteiger partial charge in [-0.05, 0) is 51.7 Å². The van der Waals surface area contributed by atoms with Crippen molar-refractivity contribution in [2.24, 2.45) is 0 Å². The lowest BCUT2D eigenvalue weighted by atomic mass is 9.98. The quantitative estimate of drug-likeness (QED) is 0.719. The van der Waals surface area contributed by atoms with Crippen molar-refractivity contribution in [2.45, 2.75) is 25.8 Å². The predicted octanol–water partition coefficient (Wildman–Crippen LogP) is 1.06. The maximum Gasteiger partial charge on any atom is 0.251 e. The van der Waals surface area contributed by atoms with Gasteiger partial charge < -0.3 is 10.2 Å². The topological polar surface area (TPSA) is 100 Å². The van der Waals surface area contributed by atoms with Crippen molar-refractivity contribution in [3.8, 4) is 0 Å². The number of amides is 1. The minimum Gasteiger partial charge on any atom is -0.351 e. The number of hydrogen-bond donors (Lipinski definition) is 1. The molecule has 29 heavy (non-hydrogen) atoms. The van der Waals surface area contributed by atoms with Gasteiger partial charge in [0, 0.05) is 31.2 Å². The first-order chi connectivity index (χ1) is 13.6. The summed E-state index contributed by atoms with van der Waals surface area (Å²) in [5, 5.41) is 7.42. The molecule has 0 saturated heterocycles. The summed E-state index contributed by atoms with van der Waals surface area (Å²) in [5.41, 5.74) is 1.81. The molecule has 1 aliphatic rings. The molecule has 2 heterocycles. The van der Waals surface area contributed by atoms with Crippen molar-refractivity contribution in [3.05, 3.63) is 41.5 Å². The zero-order valence-electron chi connectivity index (χ0n) is 17.5. The molecule has 2 aromatic rings. The highest BCUT2D eigenvalue weighted by molar-refractivity contribution is 7.92. The number of rotatable bonds is 7. The highest BCUT2D eigenvalue weighted by Gasteiger charge is 2.37. The highest BCUT2D eigenvalue weighted by Crippen LogP contribution is 2.40. The number of benzene rings is 1. The molecule has 158 valence electrons. The molecule has 1 N–H and O–H groups in total. The molecular weight excluding hydrogens is 392 g/mol. The Hall–Kier alpha value is -2.46. The smallest absolute Gasteiger partial charge is 0.251 e. The summed E-state index contributed by atoms with van der Waals surface area (Å²) in [6, 6.07) is 5.25. The van der Waals surface area contributed by atoms with Crippen LogP contribution in [0.2, 0.25) is 0 Å². The Bertz CT molecular complexity index is 999. The lowest BCUT2D eigenvalue weighted by molar-refractivity contribution is 0.0951. The molecule has 0 fully saturated rings. The zero-order valence-corrected chi connectivity index (χ0v) is 18.3. The molecule has 1 aromatic heterocycles. The van der Waals surface area contributed by atoms with Crippen LogP contribution < -0.4 is 9.62 Å². The standard InChI is InChI=1S/C19H28N6O3S/c1-13(2)24-12-21-18(22-24)16-11-25(29(5,27)28)17-7-6-14(10-15(16)17)19(26)20-8-9-23(3)4/h6-7,10,12-13,16H,8-9,11H2,1-5H3,(H,20,26). The molecule has 1 unspecified atom stereocenters. The van der Waals surface area contributed by atoms with E-state index in [9.17, 15) is 13.2 Å². The van der Waals surface area contributed by atoms with Crippen LogP contribution in [0.25, 0.3) is 0 Å². The molecule has 0 bridgehead atoms. The summed E-state index contributed by atoms with van der Waals surface area (Å²) in [6.07, 6.45) is 2.84. The SMILES string of the molecule is CC(C)n1cnc(C2CN(S(C)(=O)=O)c3ccc(C(=O)NCCN(C)C)cc32)n1. The second-order valence-corrected chi connectivity index (χ2v) is 9.76. The van der Waals surface area contributed by atoms with Crippen LogP contribution in [-0.2, 0) is 10.0 Å². The van der Waals surface area contributed by atoms with E-state index >= 15 is 0 Å². The molecule has 0 spiro atoms. The fourth-order valence-electron chi connectivity index (χ4n) is 3.29. The molecule has 9 nitrogen and oxygen atoms in total. The molecule has 1 aromatic carbocycles. The van der Waals surface area contributed by atoms with Crippen molar-refractivity contribution in [2.75, 3.05) is 44.3 Å². The van der Waals surface area contributed by atoms with Crippen molar-refractivity contribution >= 4 is 21.6 Å². The van der Waals surface area contributed by atoms with E-state index in [1.807, 2.05) is 32.8 Å². The van der Waals surface area contributed by atoms with E-state index < -0.39 is 10.0 Å². The van der Waals surface area contributed by atoms with E-state index in [1.54, 1.807) is 29.2 Å². The van der Waals surface area contributed by atoms with E-state index in [0.717, 1.165) is 12.1 Å². The summed E-state index contributed by atoms with van der Waals surface area (Å²) >= 11 is 0. The van der Waals surface area contributed by atoms with Gasteiger partial charge in [0.05, 0.1) is 17.9 Å². The van der Waals surface area contributed by atoms with Crippen molar-refractivity contribution in [1.29, 1.82) is 0 Å². The first kappa shape index (κ1) is 21.3. The maximum atomic E-state index is 12.5. The second-order valence-electron chi connectivity index (χ2n) is 7.86. The van der Waals surface area contributed by atoms with E-state index in [4.69, 9.17) is 0 Å². The number of nitrogens with one attached hydrogen (secondary N) is 1. The second kappa shape index (κ2) is 8.11. The Morgan fingerprint density at radius 2 is 2.07 bits per heavy atom. The van der Waals surface area contributed by atoms with Gasteiger partial charge >= 0.3 is 0 Å². The van der Waals surface area contributed by atoms with Gasteiger partial charge in [0.2, 0.25) is 10.0 Å². The number of anilines is 1. The number of sulfonamides is 1. The summed E-state index contributed by atoms with van der Waals surface area (Å²) in [5.74, 6) is 0.0393. The Kier molecular flexibility index (Phi) is 5.95. The number of nitrogens with zero attached hydrogens (tertiary/aromatic N) is 5. The van der Waals surface area contributed by atoms with Gasteiger partial charge in [-0.25, -0.2) is 13.4 Å². The Balaban J connectivity index is 1.95. The molecule has 3 rings (SSSR count). The van der Waals surface area contributed by atoms with Crippen LogP contribution in [0.4, 0.5) is 5.69 Å². The van der Waals surface area contributed by atoms with Gasteiger partial charge in [-0.3, -0.25) is 13.8 Å². The summed E-state index contributed by atoms with van der Waals surface area (Å²) < 4.78 is 27.7. The lowest BCUT2D eigenvalue weighted by Gasteiger charge is -2.16. The van der Waals surface area contributed by atoms with Crippen molar-refractivity contribution in [3.63, 3.8) is 0 Å². The van der Waals surface area contributed by atoms with Gasteiger partial charge in [0.15, 0.2) is 5.82 Å². The lowest BCUT2D eigenvalue weighted by Crippen LogP contribution is -2.31. The summed E-state index contributed by atoms with van der Waals surface area (Å²) in [7, 11) is 0.421. The van der Waals surface area contributed by atoms with Gasteiger partial charge in [-0.15, -0.1) is 0 Å². The van der Waals surface area contributed by atoms with Gasteiger partial charge in [-0.1, -0.05) is 0 Å². The van der Waals surface area contributed by atoms with Crippen LogP contribution in [0.3, 0.4) is 0 Å². The zero-order chi connectivity index (χ0) is 21.3. The number of carbonyl (C=O) groups excluding carboxylic acids is 1. The molecule has 1 amide bonds. The molecule has 0 aliphatic carbocycles. The number of carbonyl (C=O) groups is 1. The van der Waals surface area contributed by atoms with Crippen LogP contribution in [0.15, 0.2) is 24.5 Å². The van der Waals surface area contributed by atoms with Gasteiger partial charge in [-0.2, -0.15) is 5.10 Å². The number of aromatic nitrogens is 3. The molecular formula is C19H28N6O3S. The van der Waals surface area contributed by atoms with Crippen molar-refractivity contribution in [1.82, 2.24) is 25.0 Å². The Morgan fingerprint density at radius 3 is 2.66 bits per heavy atom. The Labute approximate surface area is 171 Å². The summed E-state index contributed by atoms with van der Waals surface area (Å²) in [6.45, 7) is 5.49. The molecule has 1 aliphatic heterocycles. The predicted molar refractivity (Wildman–Crippen MR) is 112 cm³/mol. The summed E-state index contributed by atoms with van der Waals surface area (Å²) in [4.78, 5) is 18.9. The highest BCUT2D eigenvalue weighted by atomic mass is 32.2. The van der Waals surface area contributed by atoms with Crippen LogP contribution in [0.1, 0.15) is 47.6 Å². The third-order valence-electron chi connectivity index (χ3n) is 4.89. The van der Waals surface area contributed by atoms with E-state index in [-0.39, 0.29) is 24.4 Å². The largest absolute Gasteiger partial charge is 0.351 e. The minimum absolute atomic E-state index is 0.150. The van der Waals surface area contributed by atoms with E-state index in [1.165, 1.54) is 10.6 Å². The number of likely N-dealkylation sites (N-methyl/N-ethyl adjacent to an activating group) is 1. The Morgan fingerprint density at radius 1 is 1.34 bits per heavy atom. The molecule has 0 saturated carbocycles. The van der Waals surface area contributed by atoms with Crippen molar-refractivity contribution < 1.29 is 13.2 Å². The molecule has 1 atom stereocenters. The average molecular weight is 421 g/mol. The minimum atomic E-state index is -3.46. The van der Waals surface area contributed by atoms with Crippen LogP contribution in [-0.4, -0.2) is 74.0 Å². The molecule has 0 radical (unpaired) electrons. The third kappa shape index (κ3) is 4.59. The maximum absolute atomic E-state index is 12.5. The first-order valence-electron chi connectivity index (χ1n) is 9.53. The molecule has 10 heteroatoms. The van der Waals surface area contributed by atoms with E-state index in [2.05, 4.69) is 15.4 Å². The van der Waals surface area contributed by atoms with Gasteiger partial charge in [0.1, 0.15) is 6.33 Å². The van der Waals surface area contributed by atoms with Crippen LogP contribution >= 0.6 is 0 Å². The third-order valence-corrected chi connectivity index (χ3v) is 6.04. The normalized spacial score (nSPS) is 16.5. The fourth-order valence-corrected chi connectivity index (χ4v) is 4.23. The number of fused-ring (bicyclic) bond motifs is 1. The van der Waals surface area contributed by atoms with Gasteiger partial charge in [0.25, 0.3) is 5.91 Å². The average Bonchev–Trinajstić information content (AvgIpc) is 3.25. The fraction of sp³-hybridized carbons (Fsp3) is 0.526. The number of hydrogen-bond acceptors (Lipinski definition) is 6. The van der Waals surface area contributed by atoms with E-state index in [0.29, 0.717) is 23.6 Å². The monoisotopic (exact) mass is 420 g/mol. The van der Waals surface area contributed by atoms with Crippen LogP contribution in [0.5, 0.6) is 0 Å².